The predicted octanol–water partition coefficient (Wildman–Crippen LogP) is 5.36. The van der Waals surface area contributed by atoms with Crippen LogP contribution in [-0.2, 0) is 0 Å². The minimum Gasteiger partial charge on any atom is -0.453 e. The molecular weight excluding hydrogens is 359 g/mol. The van der Waals surface area contributed by atoms with Crippen LogP contribution >= 0.6 is 0 Å². The number of aryl methyl sites for hydroxylation is 1. The van der Waals surface area contributed by atoms with Crippen LogP contribution in [0.1, 0.15) is 11.5 Å². The Balaban J connectivity index is 1.99. The van der Waals surface area contributed by atoms with Crippen molar-refractivity contribution in [2.45, 2.75) is 13.1 Å². The summed E-state index contributed by atoms with van der Waals surface area (Å²) in [6.45, 7) is 4.73. The van der Waals surface area contributed by atoms with Crippen molar-refractivity contribution in [3.8, 4) is 23.0 Å². The Kier molecular flexibility index (Phi) is 5.07. The minimum absolute atomic E-state index is 0.0568. The largest absolute Gasteiger partial charge is 0.453 e. The van der Waals surface area contributed by atoms with Crippen LogP contribution < -0.4 is 4.74 Å². The number of ether oxygens (including phenoxy) is 1. The number of hydrogen-bond donors (Lipinski definition) is 0. The van der Waals surface area contributed by atoms with Gasteiger partial charge in [0.1, 0.15) is 17.2 Å². The number of oxazole rings is 1. The van der Waals surface area contributed by atoms with Gasteiger partial charge in [-0.3, -0.25) is 9.97 Å². The summed E-state index contributed by atoms with van der Waals surface area (Å²) in [6.07, 6.45) is 3.18. The molecule has 0 aliphatic carbocycles. The number of nitrogens with zero attached hydrogens (tertiary/aromatic N) is 3. The highest BCUT2D eigenvalue weighted by molar-refractivity contribution is 5.65. The quantitative estimate of drug-likeness (QED) is 0.563. The molecule has 0 radical (unpaired) electrons. The van der Waals surface area contributed by atoms with Crippen LogP contribution in [0.4, 0.5) is 13.2 Å². The Bertz CT molecular complexity index is 979. The zero-order chi connectivity index (χ0) is 19.4. The summed E-state index contributed by atoms with van der Waals surface area (Å²) in [5.41, 5.74) is -0.405. The fourth-order valence-corrected chi connectivity index (χ4v) is 2.23. The zero-order valence-electron chi connectivity index (χ0n) is 14.2. The van der Waals surface area contributed by atoms with Gasteiger partial charge in [0.2, 0.25) is 5.89 Å². The lowest BCUT2D eigenvalue weighted by Crippen LogP contribution is -2.09. The van der Waals surface area contributed by atoms with Gasteiger partial charge in [-0.2, -0.15) is 13.2 Å². The maximum absolute atomic E-state index is 12.9. The Morgan fingerprint density at radius 2 is 1.96 bits per heavy atom. The van der Waals surface area contributed by atoms with E-state index in [1.54, 1.807) is 24.4 Å². The zero-order valence-corrected chi connectivity index (χ0v) is 14.2. The average Bonchev–Trinajstić information content (AvgIpc) is 3.00. The summed E-state index contributed by atoms with van der Waals surface area (Å²) in [6, 6.07) is 5.01. The van der Waals surface area contributed by atoms with Crippen molar-refractivity contribution in [3.63, 3.8) is 0 Å². The molecule has 0 amide bonds. The molecule has 0 aliphatic heterocycles. The molecule has 3 aromatic rings. The molecule has 0 N–H and O–H groups in total. The Hall–Kier alpha value is -3.42. The van der Waals surface area contributed by atoms with E-state index in [4.69, 9.17) is 9.15 Å². The topological polar surface area (TPSA) is 61.0 Å². The molecule has 0 atom stereocenters. The van der Waals surface area contributed by atoms with Crippen LogP contribution in [0.25, 0.3) is 17.5 Å². The van der Waals surface area contributed by atoms with E-state index >= 15 is 0 Å². The number of alkyl halides is 3. The van der Waals surface area contributed by atoms with E-state index in [9.17, 15) is 13.2 Å². The normalized spacial score (nSPS) is 12.1. The molecule has 138 valence electrons. The number of halogens is 3. The molecule has 0 spiro atoms. The summed E-state index contributed by atoms with van der Waals surface area (Å²) in [5.74, 6) is 1.16. The molecule has 0 aliphatic rings. The van der Waals surface area contributed by atoms with Crippen molar-refractivity contribution in [3.05, 3.63) is 72.7 Å². The van der Waals surface area contributed by atoms with E-state index in [0.717, 1.165) is 12.2 Å². The first-order valence-corrected chi connectivity index (χ1v) is 7.79. The third kappa shape index (κ3) is 4.22. The third-order valence-corrected chi connectivity index (χ3v) is 3.55. The Labute approximate surface area is 152 Å². The van der Waals surface area contributed by atoms with Crippen molar-refractivity contribution >= 4 is 6.08 Å². The lowest BCUT2D eigenvalue weighted by atomic mass is 10.2. The lowest BCUT2D eigenvalue weighted by Gasteiger charge is -2.07. The van der Waals surface area contributed by atoms with E-state index < -0.39 is 11.7 Å². The van der Waals surface area contributed by atoms with Gasteiger partial charge in [0, 0.05) is 12.4 Å². The highest BCUT2D eigenvalue weighted by Crippen LogP contribution is 2.34. The van der Waals surface area contributed by atoms with E-state index in [2.05, 4.69) is 21.5 Å². The van der Waals surface area contributed by atoms with Crippen LogP contribution in [-0.4, -0.2) is 21.1 Å². The van der Waals surface area contributed by atoms with Gasteiger partial charge in [-0.25, -0.2) is 4.98 Å². The van der Waals surface area contributed by atoms with Gasteiger partial charge in [-0.05, 0) is 31.2 Å². The van der Waals surface area contributed by atoms with Crippen LogP contribution in [0.15, 0.2) is 65.6 Å². The van der Waals surface area contributed by atoms with Crippen LogP contribution in [0.2, 0.25) is 0 Å². The summed E-state index contributed by atoms with van der Waals surface area (Å²) in [7, 11) is 0. The molecule has 8 heteroatoms. The van der Waals surface area contributed by atoms with Gasteiger partial charge in [-0.1, -0.05) is 12.7 Å². The second-order valence-electron chi connectivity index (χ2n) is 5.42. The van der Waals surface area contributed by atoms with Gasteiger partial charge < -0.3 is 9.15 Å². The van der Waals surface area contributed by atoms with Crippen LogP contribution in [0.5, 0.6) is 11.5 Å². The average molecular weight is 373 g/mol. The molecule has 0 unspecified atom stereocenters. The second kappa shape index (κ2) is 7.45. The van der Waals surface area contributed by atoms with Gasteiger partial charge in [0.15, 0.2) is 5.75 Å². The van der Waals surface area contributed by atoms with Crippen LogP contribution in [0, 0.1) is 6.92 Å². The predicted molar refractivity (Wildman–Crippen MR) is 93.0 cm³/mol. The summed E-state index contributed by atoms with van der Waals surface area (Å²) in [5, 5.41) is 0. The number of rotatable bonds is 5. The summed E-state index contributed by atoms with van der Waals surface area (Å²) < 4.78 is 50.1. The number of allylic oxidation sites excluding steroid dienone is 2. The number of hydrogen-bond acceptors (Lipinski definition) is 5. The van der Waals surface area contributed by atoms with Gasteiger partial charge in [-0.15, -0.1) is 0 Å². The van der Waals surface area contributed by atoms with E-state index in [1.807, 2.05) is 0 Å². The standard InChI is InChI=1S/C19H14F3N3O2/c1-3-13(19(20,21)22)9-16-12(2)26-18(25-16)15-6-8-24-11-17(15)27-14-5-4-7-23-10-14/h3-11H,1H2,2H3/b13-9+. The van der Waals surface area contributed by atoms with Crippen LogP contribution in [0.3, 0.4) is 0 Å². The summed E-state index contributed by atoms with van der Waals surface area (Å²) >= 11 is 0. The van der Waals surface area contributed by atoms with Crippen molar-refractivity contribution < 1.29 is 22.3 Å². The highest BCUT2D eigenvalue weighted by atomic mass is 19.4. The van der Waals surface area contributed by atoms with Gasteiger partial charge in [0.05, 0.1) is 23.5 Å². The van der Waals surface area contributed by atoms with Crippen molar-refractivity contribution in [2.24, 2.45) is 0 Å². The van der Waals surface area contributed by atoms with Crippen molar-refractivity contribution in [1.82, 2.24) is 15.0 Å². The first kappa shape index (κ1) is 18.4. The van der Waals surface area contributed by atoms with E-state index in [1.165, 1.54) is 25.5 Å². The molecule has 0 bridgehead atoms. The Morgan fingerprint density at radius 1 is 1.19 bits per heavy atom. The molecule has 0 aromatic carbocycles. The third-order valence-electron chi connectivity index (χ3n) is 3.55. The van der Waals surface area contributed by atoms with Gasteiger partial charge in [0.25, 0.3) is 0 Å². The smallest absolute Gasteiger partial charge is 0.416 e. The fraction of sp³-hybridized carbons (Fsp3) is 0.105. The van der Waals surface area contributed by atoms with Crippen molar-refractivity contribution in [1.29, 1.82) is 0 Å². The molecule has 0 fully saturated rings. The number of pyridine rings is 2. The monoisotopic (exact) mass is 373 g/mol. The fourth-order valence-electron chi connectivity index (χ4n) is 2.23. The number of aromatic nitrogens is 3. The second-order valence-corrected chi connectivity index (χ2v) is 5.42. The van der Waals surface area contributed by atoms with E-state index in [-0.39, 0.29) is 17.3 Å². The summed E-state index contributed by atoms with van der Waals surface area (Å²) in [4.78, 5) is 12.1. The van der Waals surface area contributed by atoms with E-state index in [0.29, 0.717) is 17.1 Å². The maximum atomic E-state index is 12.9. The molecule has 3 heterocycles. The maximum Gasteiger partial charge on any atom is 0.416 e. The molecule has 3 aromatic heterocycles. The highest BCUT2D eigenvalue weighted by Gasteiger charge is 2.32. The molecule has 5 nitrogen and oxygen atoms in total. The molecule has 27 heavy (non-hydrogen) atoms. The first-order chi connectivity index (χ1) is 12.9. The lowest BCUT2D eigenvalue weighted by molar-refractivity contribution is -0.0872. The molecule has 0 saturated heterocycles. The minimum atomic E-state index is -4.53. The Morgan fingerprint density at radius 3 is 2.63 bits per heavy atom. The molecule has 3 rings (SSSR count). The van der Waals surface area contributed by atoms with Gasteiger partial charge >= 0.3 is 6.18 Å². The molecular formula is C19H14F3N3O2. The van der Waals surface area contributed by atoms with Crippen molar-refractivity contribution in [2.75, 3.05) is 0 Å². The SMILES string of the molecule is C=C/C(=C\c1nc(-c2ccncc2Oc2cccnc2)oc1C)C(F)(F)F. The molecule has 0 saturated carbocycles. The first-order valence-electron chi connectivity index (χ1n) is 7.79.